The highest BCUT2D eigenvalue weighted by Gasteiger charge is 2.33. The second-order valence-electron chi connectivity index (χ2n) is 5.30. The molecule has 2 amide bonds. The maximum Gasteiger partial charge on any atom is 0.323 e. The van der Waals surface area contributed by atoms with Gasteiger partial charge in [-0.2, -0.15) is 0 Å². The lowest BCUT2D eigenvalue weighted by Gasteiger charge is -2.26. The molecule has 0 aromatic heterocycles. The Balaban J connectivity index is 1.84. The molecule has 3 rings (SSSR count). The number of carbonyl (C=O) groups is 1. The molecule has 5 nitrogen and oxygen atoms in total. The molecule has 1 saturated heterocycles. The van der Waals surface area contributed by atoms with Gasteiger partial charge in [-0.1, -0.05) is 30.3 Å². The zero-order chi connectivity index (χ0) is 16.9. The zero-order valence-corrected chi connectivity index (χ0v) is 14.5. The molecule has 1 aliphatic rings. The normalized spacial score (nSPS) is 16.8. The first kappa shape index (κ1) is 16.5. The van der Waals surface area contributed by atoms with Crippen molar-refractivity contribution in [3.8, 4) is 11.5 Å². The van der Waals surface area contributed by atoms with Crippen molar-refractivity contribution in [2.45, 2.75) is 5.37 Å². The Morgan fingerprint density at radius 2 is 1.92 bits per heavy atom. The van der Waals surface area contributed by atoms with Gasteiger partial charge >= 0.3 is 6.03 Å². The smallest absolute Gasteiger partial charge is 0.323 e. The van der Waals surface area contributed by atoms with Gasteiger partial charge in [-0.25, -0.2) is 4.79 Å². The molecular formula is C18H20N2O3S. The van der Waals surface area contributed by atoms with Gasteiger partial charge in [0, 0.05) is 23.5 Å². The van der Waals surface area contributed by atoms with Crippen molar-refractivity contribution in [3.63, 3.8) is 0 Å². The van der Waals surface area contributed by atoms with E-state index >= 15 is 0 Å². The molecule has 126 valence electrons. The number of ether oxygens (including phenoxy) is 2. The van der Waals surface area contributed by atoms with Crippen molar-refractivity contribution >= 4 is 23.5 Å². The average Bonchev–Trinajstić information content (AvgIpc) is 3.11. The van der Waals surface area contributed by atoms with Gasteiger partial charge in [0.2, 0.25) is 0 Å². The summed E-state index contributed by atoms with van der Waals surface area (Å²) in [6.07, 6.45) is 0. The minimum Gasteiger partial charge on any atom is -0.493 e. The molecule has 0 bridgehead atoms. The monoisotopic (exact) mass is 344 g/mol. The number of hydrogen-bond donors (Lipinski definition) is 1. The summed E-state index contributed by atoms with van der Waals surface area (Å²) in [5.41, 5.74) is 1.73. The fourth-order valence-corrected chi connectivity index (χ4v) is 4.03. The van der Waals surface area contributed by atoms with Crippen LogP contribution in [0.2, 0.25) is 0 Å². The van der Waals surface area contributed by atoms with Gasteiger partial charge in [-0.05, 0) is 18.2 Å². The number of thioether (sulfide) groups is 1. The van der Waals surface area contributed by atoms with E-state index in [0.29, 0.717) is 18.0 Å². The highest BCUT2D eigenvalue weighted by molar-refractivity contribution is 7.99. The Bertz CT molecular complexity index is 709. The third-order valence-corrected chi connectivity index (χ3v) is 5.12. The van der Waals surface area contributed by atoms with E-state index in [1.54, 1.807) is 26.0 Å². The molecule has 0 radical (unpaired) electrons. The van der Waals surface area contributed by atoms with Crippen molar-refractivity contribution in [1.82, 2.24) is 4.90 Å². The van der Waals surface area contributed by atoms with E-state index < -0.39 is 0 Å². The number of nitrogens with zero attached hydrogens (tertiary/aromatic N) is 1. The van der Waals surface area contributed by atoms with Crippen LogP contribution in [0.15, 0.2) is 48.5 Å². The number of nitrogens with one attached hydrogen (secondary N) is 1. The molecule has 2 aromatic carbocycles. The second-order valence-corrected chi connectivity index (χ2v) is 6.48. The molecule has 1 aliphatic heterocycles. The molecule has 0 unspecified atom stereocenters. The first-order valence-electron chi connectivity index (χ1n) is 7.69. The van der Waals surface area contributed by atoms with E-state index in [4.69, 9.17) is 9.47 Å². The molecule has 1 atom stereocenters. The predicted molar refractivity (Wildman–Crippen MR) is 96.9 cm³/mol. The summed E-state index contributed by atoms with van der Waals surface area (Å²) in [5.74, 6) is 2.23. The Morgan fingerprint density at radius 1 is 1.12 bits per heavy atom. The fourth-order valence-electron chi connectivity index (χ4n) is 2.76. The summed E-state index contributed by atoms with van der Waals surface area (Å²) in [7, 11) is 3.23. The van der Waals surface area contributed by atoms with Gasteiger partial charge in [0.25, 0.3) is 0 Å². The standard InChI is InChI=1S/C18H20N2O3S/c1-22-15-10-6-9-14(16(15)23-2)17-20(11-12-24-17)18(21)19-13-7-4-3-5-8-13/h3-10,17H,11-12H2,1-2H3,(H,19,21)/t17-/m0/s1. The van der Waals surface area contributed by atoms with Crippen LogP contribution in [0.25, 0.3) is 0 Å². The molecule has 0 spiro atoms. The number of urea groups is 1. The minimum atomic E-state index is -0.110. The predicted octanol–water partition coefficient (Wildman–Crippen LogP) is 3.98. The number of methoxy groups -OCH3 is 2. The molecule has 1 N–H and O–H groups in total. The van der Waals surface area contributed by atoms with E-state index in [2.05, 4.69) is 5.32 Å². The van der Waals surface area contributed by atoms with E-state index in [-0.39, 0.29) is 11.4 Å². The van der Waals surface area contributed by atoms with Crippen LogP contribution in [0.4, 0.5) is 10.5 Å². The second kappa shape index (κ2) is 7.49. The van der Waals surface area contributed by atoms with Crippen molar-refractivity contribution in [3.05, 3.63) is 54.1 Å². The lowest BCUT2D eigenvalue weighted by Crippen LogP contribution is -2.34. The lowest BCUT2D eigenvalue weighted by atomic mass is 10.1. The number of para-hydroxylation sites is 2. The highest BCUT2D eigenvalue weighted by atomic mass is 32.2. The summed E-state index contributed by atoms with van der Waals surface area (Å²) in [6.45, 7) is 0.689. The fraction of sp³-hybridized carbons (Fsp3) is 0.278. The van der Waals surface area contributed by atoms with Crippen molar-refractivity contribution in [2.24, 2.45) is 0 Å². The molecule has 1 heterocycles. The summed E-state index contributed by atoms with van der Waals surface area (Å²) < 4.78 is 10.9. The first-order valence-corrected chi connectivity index (χ1v) is 8.74. The van der Waals surface area contributed by atoms with Gasteiger partial charge in [0.05, 0.1) is 14.2 Å². The topological polar surface area (TPSA) is 50.8 Å². The van der Waals surface area contributed by atoms with Crippen LogP contribution in [0.3, 0.4) is 0 Å². The Kier molecular flexibility index (Phi) is 5.15. The SMILES string of the molecule is COc1cccc([C@@H]2SCCN2C(=O)Nc2ccccc2)c1OC. The number of hydrogen-bond acceptors (Lipinski definition) is 4. The van der Waals surface area contributed by atoms with Crippen LogP contribution in [0.5, 0.6) is 11.5 Å². The maximum absolute atomic E-state index is 12.7. The van der Waals surface area contributed by atoms with Gasteiger partial charge in [-0.3, -0.25) is 0 Å². The van der Waals surface area contributed by atoms with E-state index in [9.17, 15) is 4.79 Å². The van der Waals surface area contributed by atoms with Crippen LogP contribution < -0.4 is 14.8 Å². The number of amides is 2. The molecule has 0 aliphatic carbocycles. The Hall–Kier alpha value is -2.34. The number of carbonyl (C=O) groups excluding carboxylic acids is 1. The van der Waals surface area contributed by atoms with Crippen LogP contribution in [-0.2, 0) is 0 Å². The van der Waals surface area contributed by atoms with Crippen molar-refractivity contribution in [1.29, 1.82) is 0 Å². The van der Waals surface area contributed by atoms with Crippen LogP contribution in [-0.4, -0.2) is 37.4 Å². The Labute approximate surface area is 145 Å². The highest BCUT2D eigenvalue weighted by Crippen LogP contribution is 2.45. The average molecular weight is 344 g/mol. The van der Waals surface area contributed by atoms with Gasteiger partial charge in [0.15, 0.2) is 11.5 Å². The van der Waals surface area contributed by atoms with Crippen LogP contribution in [0.1, 0.15) is 10.9 Å². The summed E-state index contributed by atoms with van der Waals surface area (Å²) in [6, 6.07) is 15.1. The van der Waals surface area contributed by atoms with Crippen LogP contribution >= 0.6 is 11.8 Å². The summed E-state index contributed by atoms with van der Waals surface area (Å²) in [5, 5.41) is 2.85. The quantitative estimate of drug-likeness (QED) is 0.911. The van der Waals surface area contributed by atoms with Gasteiger partial charge < -0.3 is 19.7 Å². The summed E-state index contributed by atoms with van der Waals surface area (Å²) in [4.78, 5) is 14.5. The molecule has 24 heavy (non-hydrogen) atoms. The zero-order valence-electron chi connectivity index (χ0n) is 13.7. The number of anilines is 1. The molecule has 2 aromatic rings. The number of benzene rings is 2. The lowest BCUT2D eigenvalue weighted by molar-refractivity contribution is 0.213. The largest absolute Gasteiger partial charge is 0.493 e. The van der Waals surface area contributed by atoms with Gasteiger partial charge in [-0.15, -0.1) is 11.8 Å². The van der Waals surface area contributed by atoms with Gasteiger partial charge in [0.1, 0.15) is 5.37 Å². The first-order chi connectivity index (χ1) is 11.7. The van der Waals surface area contributed by atoms with E-state index in [0.717, 1.165) is 17.0 Å². The summed E-state index contributed by atoms with van der Waals surface area (Å²) >= 11 is 1.72. The molecule has 0 saturated carbocycles. The Morgan fingerprint density at radius 3 is 2.62 bits per heavy atom. The van der Waals surface area contributed by atoms with E-state index in [1.165, 1.54) is 0 Å². The third-order valence-electron chi connectivity index (χ3n) is 3.88. The van der Waals surface area contributed by atoms with Crippen molar-refractivity contribution < 1.29 is 14.3 Å². The minimum absolute atomic E-state index is 0.0984. The molecule has 1 fully saturated rings. The van der Waals surface area contributed by atoms with Crippen molar-refractivity contribution in [2.75, 3.05) is 31.8 Å². The number of rotatable bonds is 4. The third kappa shape index (κ3) is 3.28. The molecular weight excluding hydrogens is 324 g/mol. The molecule has 6 heteroatoms. The van der Waals surface area contributed by atoms with Crippen LogP contribution in [0, 0.1) is 0 Å². The maximum atomic E-state index is 12.7. The van der Waals surface area contributed by atoms with E-state index in [1.807, 2.05) is 53.4 Å².